The minimum atomic E-state index is -1.74. The van der Waals surface area contributed by atoms with E-state index in [1.54, 1.807) is 32.2 Å². The minimum Gasteiger partial charge on any atom is -0.459 e. The Morgan fingerprint density at radius 3 is 2.72 bits per heavy atom. The van der Waals surface area contributed by atoms with E-state index in [9.17, 15) is 19.5 Å². The van der Waals surface area contributed by atoms with E-state index in [1.165, 1.54) is 11.5 Å². The molecule has 2 aliphatic heterocycles. The van der Waals surface area contributed by atoms with Crippen LogP contribution in [0.5, 0.6) is 0 Å². The van der Waals surface area contributed by atoms with Crippen LogP contribution in [0.4, 0.5) is 0 Å². The fourth-order valence-electron chi connectivity index (χ4n) is 3.18. The average Bonchev–Trinajstić information content (AvgIpc) is 3.11. The van der Waals surface area contributed by atoms with Gasteiger partial charge in [-0.1, -0.05) is 13.0 Å². The van der Waals surface area contributed by atoms with Crippen LogP contribution >= 0.6 is 0 Å². The molecule has 3 heterocycles. The van der Waals surface area contributed by atoms with Gasteiger partial charge < -0.3 is 14.6 Å². The lowest BCUT2D eigenvalue weighted by atomic mass is 9.85. The Kier molecular flexibility index (Phi) is 4.28. The molecule has 0 aliphatic carbocycles. The number of carbonyl (C=O) groups excluding carboxylic acids is 3. The summed E-state index contributed by atoms with van der Waals surface area (Å²) in [5.74, 6) is -2.03. The third-order valence-electron chi connectivity index (χ3n) is 5.06. The highest BCUT2D eigenvalue weighted by atomic mass is 16.6. The second-order valence-electron chi connectivity index (χ2n) is 6.73. The molecule has 7 nitrogen and oxygen atoms in total. The van der Waals surface area contributed by atoms with Crippen molar-refractivity contribution >= 4 is 17.8 Å². The molecule has 25 heavy (non-hydrogen) atoms. The first-order chi connectivity index (χ1) is 11.8. The van der Waals surface area contributed by atoms with Crippen molar-refractivity contribution in [2.24, 2.45) is 5.92 Å². The molecule has 0 bridgehead atoms. The average molecular weight is 347 g/mol. The van der Waals surface area contributed by atoms with Crippen molar-refractivity contribution in [3.05, 3.63) is 35.2 Å². The highest BCUT2D eigenvalue weighted by Gasteiger charge is 2.41. The minimum absolute atomic E-state index is 0.0626. The zero-order valence-corrected chi connectivity index (χ0v) is 14.4. The molecule has 3 atom stereocenters. The van der Waals surface area contributed by atoms with E-state index in [1.807, 2.05) is 0 Å². The quantitative estimate of drug-likeness (QED) is 0.569. The number of carbonyl (C=O) groups is 3. The standard InChI is InChI=1S/C18H21NO6/c1-4-11-7-10(2)18(3,23)17(22)24-9-12-5-6-19-14(20)8-13(15(12)19)25-16(11)21/h4-6,10,13,23H,7-9H2,1-3H3/b11-4-/t10-,13-,18+/m0/s1. The molecule has 0 saturated heterocycles. The first-order valence-corrected chi connectivity index (χ1v) is 8.24. The molecule has 1 N–H and O–H groups in total. The number of nitrogens with zero attached hydrogens (tertiary/aromatic N) is 1. The van der Waals surface area contributed by atoms with Crippen LogP contribution in [0, 0.1) is 5.92 Å². The van der Waals surface area contributed by atoms with E-state index >= 15 is 0 Å². The van der Waals surface area contributed by atoms with Gasteiger partial charge in [0.15, 0.2) is 11.7 Å². The number of aromatic nitrogens is 1. The van der Waals surface area contributed by atoms with E-state index in [0.717, 1.165) is 0 Å². The van der Waals surface area contributed by atoms with Gasteiger partial charge in [-0.3, -0.25) is 9.36 Å². The second kappa shape index (κ2) is 6.15. The molecule has 0 aromatic carbocycles. The molecule has 0 spiro atoms. The van der Waals surface area contributed by atoms with E-state index in [-0.39, 0.29) is 25.4 Å². The van der Waals surface area contributed by atoms with E-state index in [0.29, 0.717) is 16.8 Å². The Morgan fingerprint density at radius 2 is 2.04 bits per heavy atom. The third kappa shape index (κ3) is 2.89. The fourth-order valence-corrected chi connectivity index (χ4v) is 3.18. The van der Waals surface area contributed by atoms with E-state index < -0.39 is 29.6 Å². The van der Waals surface area contributed by atoms with Crippen LogP contribution in [0.3, 0.4) is 0 Å². The van der Waals surface area contributed by atoms with Crippen LogP contribution in [-0.2, 0) is 25.7 Å². The molecule has 0 radical (unpaired) electrons. The summed E-state index contributed by atoms with van der Waals surface area (Å²) in [5.41, 5.74) is -0.288. The summed E-state index contributed by atoms with van der Waals surface area (Å²) in [7, 11) is 0. The van der Waals surface area contributed by atoms with E-state index in [2.05, 4.69) is 0 Å². The highest BCUT2D eigenvalue weighted by Crippen LogP contribution is 2.36. The Balaban J connectivity index is 2.03. The normalized spacial score (nSPS) is 31.8. The van der Waals surface area contributed by atoms with Gasteiger partial charge in [0, 0.05) is 17.3 Å². The Hall–Kier alpha value is -2.41. The van der Waals surface area contributed by atoms with Gasteiger partial charge in [0.2, 0.25) is 5.91 Å². The zero-order valence-electron chi connectivity index (χ0n) is 14.4. The SMILES string of the molecule is C/C=C1/C[C@H](C)[C@@](C)(O)C(=O)OCc2ccn3c2[C@H](CC3=O)OC1=O. The third-order valence-corrected chi connectivity index (χ3v) is 5.06. The van der Waals surface area contributed by atoms with Gasteiger partial charge in [0.05, 0.1) is 12.1 Å². The number of esters is 2. The summed E-state index contributed by atoms with van der Waals surface area (Å²) in [6, 6.07) is 1.65. The number of cyclic esters (lactones) is 1. The number of allylic oxidation sites excluding steroid dienone is 1. The molecule has 1 aromatic rings. The summed E-state index contributed by atoms with van der Waals surface area (Å²) in [4.78, 5) is 37.0. The van der Waals surface area contributed by atoms with Crippen molar-refractivity contribution in [3.63, 3.8) is 0 Å². The Labute approximate surface area is 145 Å². The predicted molar refractivity (Wildman–Crippen MR) is 86.5 cm³/mol. The van der Waals surface area contributed by atoms with Gasteiger partial charge in [-0.2, -0.15) is 0 Å². The smallest absolute Gasteiger partial charge is 0.338 e. The monoisotopic (exact) mass is 347 g/mol. The molecule has 0 fully saturated rings. The largest absolute Gasteiger partial charge is 0.459 e. The predicted octanol–water partition coefficient (Wildman–Crippen LogP) is 1.90. The zero-order chi connectivity index (χ0) is 18.4. The van der Waals surface area contributed by atoms with Crippen LogP contribution < -0.4 is 0 Å². The summed E-state index contributed by atoms with van der Waals surface area (Å²) < 4.78 is 12.2. The Bertz CT molecular complexity index is 773. The first-order valence-electron chi connectivity index (χ1n) is 8.24. The molecule has 2 aliphatic rings. The van der Waals surface area contributed by atoms with Crippen LogP contribution in [0.15, 0.2) is 23.9 Å². The maximum Gasteiger partial charge on any atom is 0.338 e. The number of hydrogen-bond acceptors (Lipinski definition) is 6. The van der Waals surface area contributed by atoms with Crippen molar-refractivity contribution < 1.29 is 29.0 Å². The number of rotatable bonds is 0. The Morgan fingerprint density at radius 1 is 1.32 bits per heavy atom. The van der Waals surface area contributed by atoms with Crippen LogP contribution in [-0.4, -0.2) is 33.1 Å². The molecule has 1 aromatic heterocycles. The molecule has 0 saturated carbocycles. The lowest BCUT2D eigenvalue weighted by Crippen LogP contribution is -2.43. The van der Waals surface area contributed by atoms with Gasteiger partial charge in [0.1, 0.15) is 6.61 Å². The molecular formula is C18H21NO6. The van der Waals surface area contributed by atoms with Crippen molar-refractivity contribution in [1.29, 1.82) is 0 Å². The lowest BCUT2D eigenvalue weighted by Gasteiger charge is -2.29. The maximum absolute atomic E-state index is 12.5. The van der Waals surface area contributed by atoms with Crippen LogP contribution in [0.25, 0.3) is 0 Å². The first kappa shape index (κ1) is 17.4. The number of aliphatic hydroxyl groups is 1. The summed E-state index contributed by atoms with van der Waals surface area (Å²) in [6.45, 7) is 4.64. The fraction of sp³-hybridized carbons (Fsp3) is 0.500. The summed E-state index contributed by atoms with van der Waals surface area (Å²) in [6.07, 6.45) is 2.70. The molecule has 0 amide bonds. The molecule has 134 valence electrons. The molecule has 3 rings (SSSR count). The van der Waals surface area contributed by atoms with Gasteiger partial charge in [-0.25, -0.2) is 9.59 Å². The van der Waals surface area contributed by atoms with E-state index in [4.69, 9.17) is 9.47 Å². The van der Waals surface area contributed by atoms with Crippen molar-refractivity contribution in [3.8, 4) is 0 Å². The summed E-state index contributed by atoms with van der Waals surface area (Å²) in [5, 5.41) is 10.5. The van der Waals surface area contributed by atoms with Crippen molar-refractivity contribution in [2.75, 3.05) is 0 Å². The van der Waals surface area contributed by atoms with Crippen LogP contribution in [0.2, 0.25) is 0 Å². The van der Waals surface area contributed by atoms with Crippen molar-refractivity contribution in [1.82, 2.24) is 4.57 Å². The second-order valence-corrected chi connectivity index (χ2v) is 6.73. The van der Waals surface area contributed by atoms with Crippen LogP contribution in [0.1, 0.15) is 55.8 Å². The molecule has 7 heteroatoms. The maximum atomic E-state index is 12.5. The highest BCUT2D eigenvalue weighted by molar-refractivity contribution is 5.90. The number of hydrogen-bond donors (Lipinski definition) is 1. The lowest BCUT2D eigenvalue weighted by molar-refractivity contribution is -0.171. The van der Waals surface area contributed by atoms with Gasteiger partial charge in [-0.15, -0.1) is 0 Å². The van der Waals surface area contributed by atoms with Gasteiger partial charge in [-0.05, 0) is 32.3 Å². The molecular weight excluding hydrogens is 326 g/mol. The van der Waals surface area contributed by atoms with Gasteiger partial charge in [0.25, 0.3) is 0 Å². The summed E-state index contributed by atoms with van der Waals surface area (Å²) >= 11 is 0. The number of ether oxygens (including phenoxy) is 2. The topological polar surface area (TPSA) is 94.8 Å². The molecule has 0 unspecified atom stereocenters. The van der Waals surface area contributed by atoms with Gasteiger partial charge >= 0.3 is 11.9 Å². The van der Waals surface area contributed by atoms with Crippen molar-refractivity contribution in [2.45, 2.75) is 51.9 Å².